The SMILES string of the molecule is C[C@@H]1NC(=O)N[C@@H]1CCCCCC(=O)NCCOCCOCCOCCOCCC(=O)NCCCc1cn([C@@H]2O[C@H](COP(=O)(O)O)C(OP(=O)(O)O)[C@@H]2O)c(=O)nc1N. The Hall–Kier alpha value is -3.13. The fourth-order valence-electron chi connectivity index (χ4n) is 6.10. The fraction of sp³-hybridized carbons (Fsp3) is 0.788. The van der Waals surface area contributed by atoms with E-state index in [1.807, 2.05) is 6.92 Å². The number of nitrogens with zero attached hydrogens (tertiary/aromatic N) is 2. The summed E-state index contributed by atoms with van der Waals surface area (Å²) in [5, 5.41) is 22.0. The van der Waals surface area contributed by atoms with Gasteiger partial charge in [-0.15, -0.1) is 0 Å². The summed E-state index contributed by atoms with van der Waals surface area (Å²) in [6.07, 6.45) is -1.20. The second-order valence-electron chi connectivity index (χ2n) is 13.9. The van der Waals surface area contributed by atoms with Crippen molar-refractivity contribution in [3.63, 3.8) is 0 Å². The predicted octanol–water partition coefficient (Wildman–Crippen LogP) is -1.69. The highest BCUT2D eigenvalue weighted by molar-refractivity contribution is 7.46. The molecule has 1 unspecified atom stereocenters. The number of phosphoric ester groups is 2. The summed E-state index contributed by atoms with van der Waals surface area (Å²) >= 11 is 0. The van der Waals surface area contributed by atoms with Crippen molar-refractivity contribution < 1.29 is 80.9 Å². The number of unbranched alkanes of at least 4 members (excludes halogenated alkanes) is 2. The normalized spacial score (nSPS) is 21.8. The van der Waals surface area contributed by atoms with Crippen LogP contribution in [-0.4, -0.2) is 155 Å². The van der Waals surface area contributed by atoms with Crippen LogP contribution in [-0.2, 0) is 57.9 Å². The zero-order valence-corrected chi connectivity index (χ0v) is 35.2. The van der Waals surface area contributed by atoms with E-state index in [1.54, 1.807) is 0 Å². The summed E-state index contributed by atoms with van der Waals surface area (Å²) < 4.78 is 59.6. The van der Waals surface area contributed by atoms with Crippen LogP contribution in [0.3, 0.4) is 0 Å². The molecule has 0 spiro atoms. The van der Waals surface area contributed by atoms with Gasteiger partial charge >= 0.3 is 27.4 Å². The first-order chi connectivity index (χ1) is 28.4. The van der Waals surface area contributed by atoms with Gasteiger partial charge in [-0.2, -0.15) is 4.98 Å². The van der Waals surface area contributed by atoms with E-state index in [4.69, 9.17) is 39.2 Å². The number of hydrogen-bond acceptors (Lipinski definition) is 16. The van der Waals surface area contributed by atoms with E-state index in [0.29, 0.717) is 64.6 Å². The molecule has 60 heavy (non-hydrogen) atoms. The smallest absolute Gasteiger partial charge is 0.386 e. The van der Waals surface area contributed by atoms with Gasteiger partial charge in [0.25, 0.3) is 0 Å². The highest BCUT2D eigenvalue weighted by Gasteiger charge is 2.49. The van der Waals surface area contributed by atoms with Gasteiger partial charge in [0, 0.05) is 43.7 Å². The average Bonchev–Trinajstić information content (AvgIpc) is 3.65. The number of aliphatic hydroxyl groups is 1. The standard InChI is InChI=1S/C33H59N7O18P2/c1-22-24(38-32(44)37-22)7-3-2-4-8-26(41)36-11-13-53-15-17-55-19-18-54-16-14-52-12-9-27(42)35-10-5-6-23-20-40(33(45)39-30(23)34)31-28(43)29(58-60(49,50)51)25(57-31)21-56-59(46,47)48/h20,22,24-25,28-29,31,43H,2-19,21H2,1H3,(H,35,42)(H,36,41)(H2,34,39,45)(H2,37,38,44)(H2,46,47,48)(H2,49,50,51)/t22-,24+,25+,28-,29?,31+/m0/s1. The van der Waals surface area contributed by atoms with E-state index in [-0.39, 0.29) is 68.3 Å². The zero-order valence-electron chi connectivity index (χ0n) is 33.4. The molecule has 2 aliphatic rings. The molecule has 4 amide bonds. The fourth-order valence-corrected chi connectivity index (χ4v) is 7.02. The quantitative estimate of drug-likeness (QED) is 0.0294. The molecule has 1 aromatic rings. The lowest BCUT2D eigenvalue weighted by atomic mass is 10.0. The molecule has 0 aromatic carbocycles. The molecule has 2 saturated heterocycles. The Bertz CT molecular complexity index is 1650. The van der Waals surface area contributed by atoms with E-state index >= 15 is 0 Å². The Labute approximate surface area is 346 Å². The number of urea groups is 1. The van der Waals surface area contributed by atoms with Crippen LogP contribution in [0.1, 0.15) is 63.7 Å². The number of rotatable bonds is 31. The Balaban J connectivity index is 1.16. The Morgan fingerprint density at radius 2 is 1.47 bits per heavy atom. The van der Waals surface area contributed by atoms with Gasteiger partial charge in [-0.1, -0.05) is 12.8 Å². The molecule has 0 bridgehead atoms. The molecule has 11 N–H and O–H groups in total. The average molecular weight is 904 g/mol. The first kappa shape index (κ1) is 51.2. The lowest BCUT2D eigenvalue weighted by Gasteiger charge is -2.21. The Morgan fingerprint density at radius 1 is 0.850 bits per heavy atom. The van der Waals surface area contributed by atoms with Gasteiger partial charge < -0.3 is 75.4 Å². The van der Waals surface area contributed by atoms with Gasteiger partial charge in [0.05, 0.1) is 65.5 Å². The number of carbonyl (C=O) groups excluding carboxylic acids is 3. The highest BCUT2D eigenvalue weighted by atomic mass is 31.2. The second kappa shape index (κ2) is 26.4. The van der Waals surface area contributed by atoms with Gasteiger partial charge in [0.15, 0.2) is 6.23 Å². The third kappa shape index (κ3) is 20.2. The van der Waals surface area contributed by atoms with E-state index in [0.717, 1.165) is 30.3 Å². The number of carbonyl (C=O) groups is 3. The molecule has 1 aromatic heterocycles. The van der Waals surface area contributed by atoms with Crippen LogP contribution in [0.4, 0.5) is 10.6 Å². The van der Waals surface area contributed by atoms with Crippen LogP contribution in [0, 0.1) is 0 Å². The van der Waals surface area contributed by atoms with Crippen molar-refractivity contribution in [1.29, 1.82) is 0 Å². The summed E-state index contributed by atoms with van der Waals surface area (Å²) in [6.45, 7) is 4.21. The number of anilines is 1. The van der Waals surface area contributed by atoms with Crippen LogP contribution in [0.2, 0.25) is 0 Å². The lowest BCUT2D eigenvalue weighted by Crippen LogP contribution is -2.38. The van der Waals surface area contributed by atoms with Gasteiger partial charge in [-0.3, -0.25) is 23.2 Å². The topological polar surface area (TPSA) is 360 Å². The van der Waals surface area contributed by atoms with E-state index in [9.17, 15) is 43.2 Å². The molecule has 2 fully saturated rings. The number of hydrogen-bond donors (Lipinski definition) is 10. The Morgan fingerprint density at radius 3 is 2.08 bits per heavy atom. The largest absolute Gasteiger partial charge is 0.470 e. The number of phosphoric acid groups is 2. The summed E-state index contributed by atoms with van der Waals surface area (Å²) in [7, 11) is -10.3. The van der Waals surface area contributed by atoms with Crippen molar-refractivity contribution in [1.82, 2.24) is 30.8 Å². The van der Waals surface area contributed by atoms with Gasteiger partial charge in [-0.25, -0.2) is 18.7 Å². The number of aliphatic hydroxyl groups excluding tert-OH is 1. The van der Waals surface area contributed by atoms with Gasteiger partial charge in [-0.05, 0) is 32.6 Å². The van der Waals surface area contributed by atoms with Crippen molar-refractivity contribution in [2.75, 3.05) is 78.3 Å². The first-order valence-corrected chi connectivity index (χ1v) is 22.6. The molecule has 6 atom stereocenters. The first-order valence-electron chi connectivity index (χ1n) is 19.5. The summed E-state index contributed by atoms with van der Waals surface area (Å²) in [6, 6.07) is 0.139. The molecular formula is C33H59N7O18P2. The Kier molecular flexibility index (Phi) is 22.5. The number of nitrogen functional groups attached to an aromatic ring is 1. The summed E-state index contributed by atoms with van der Waals surface area (Å²) in [4.78, 5) is 88.4. The molecule has 3 rings (SSSR count). The van der Waals surface area contributed by atoms with Crippen LogP contribution >= 0.6 is 15.6 Å². The van der Waals surface area contributed by atoms with Crippen LogP contribution in [0.15, 0.2) is 11.0 Å². The highest BCUT2D eigenvalue weighted by Crippen LogP contribution is 2.45. The van der Waals surface area contributed by atoms with E-state index in [2.05, 4.69) is 35.3 Å². The molecule has 3 heterocycles. The van der Waals surface area contributed by atoms with Gasteiger partial charge in [0.1, 0.15) is 24.1 Å². The van der Waals surface area contributed by atoms with E-state index < -0.39 is 52.5 Å². The van der Waals surface area contributed by atoms with Crippen molar-refractivity contribution >= 4 is 39.3 Å². The minimum Gasteiger partial charge on any atom is -0.386 e. The monoisotopic (exact) mass is 903 g/mol. The summed E-state index contributed by atoms with van der Waals surface area (Å²) in [5.41, 5.74) is 5.20. The van der Waals surface area contributed by atoms with Crippen LogP contribution < -0.4 is 32.7 Å². The lowest BCUT2D eigenvalue weighted by molar-refractivity contribution is -0.122. The molecule has 2 aliphatic heterocycles. The summed E-state index contributed by atoms with van der Waals surface area (Å²) in [5.74, 6) is -0.442. The van der Waals surface area contributed by atoms with Gasteiger partial charge in [0.2, 0.25) is 11.8 Å². The number of aromatic nitrogens is 2. The van der Waals surface area contributed by atoms with Crippen LogP contribution in [0.5, 0.6) is 0 Å². The maximum atomic E-state index is 12.6. The number of ether oxygens (including phenoxy) is 5. The van der Waals surface area contributed by atoms with Crippen molar-refractivity contribution in [2.24, 2.45) is 0 Å². The molecule has 0 radical (unpaired) electrons. The van der Waals surface area contributed by atoms with Crippen molar-refractivity contribution in [3.05, 3.63) is 22.2 Å². The third-order valence-corrected chi connectivity index (χ3v) is 10.1. The number of nitrogens with one attached hydrogen (secondary N) is 4. The maximum Gasteiger partial charge on any atom is 0.470 e. The maximum absolute atomic E-state index is 12.6. The zero-order chi connectivity index (χ0) is 44.1. The molecular weight excluding hydrogens is 844 g/mol. The molecule has 0 saturated carbocycles. The second-order valence-corrected chi connectivity index (χ2v) is 16.3. The number of amides is 4. The molecule has 0 aliphatic carbocycles. The molecule has 27 heteroatoms. The molecule has 25 nitrogen and oxygen atoms in total. The van der Waals surface area contributed by atoms with Crippen molar-refractivity contribution in [2.45, 2.75) is 94.9 Å². The minimum absolute atomic E-state index is 0.0165. The predicted molar refractivity (Wildman–Crippen MR) is 208 cm³/mol. The number of nitrogens with two attached hydrogens (primary N) is 1. The van der Waals surface area contributed by atoms with E-state index in [1.165, 1.54) is 6.20 Å². The molecule has 344 valence electrons. The third-order valence-electron chi connectivity index (χ3n) is 9.11. The van der Waals surface area contributed by atoms with Crippen LogP contribution in [0.25, 0.3) is 0 Å². The number of aryl methyl sites for hydroxylation is 1. The minimum atomic E-state index is -5.24. The van der Waals surface area contributed by atoms with Crippen molar-refractivity contribution in [3.8, 4) is 0 Å².